The van der Waals surface area contributed by atoms with Crippen LogP contribution in [0.2, 0.25) is 0 Å². The summed E-state index contributed by atoms with van der Waals surface area (Å²) in [5, 5.41) is 22.3. The van der Waals surface area contributed by atoms with Crippen LogP contribution in [0, 0.1) is 0 Å². The fourth-order valence-corrected chi connectivity index (χ4v) is 1.67. The normalized spacial score (nSPS) is 13.7. The number of carbonyl (C=O) groups is 1. The lowest BCUT2D eigenvalue weighted by atomic mass is 10.0. The van der Waals surface area contributed by atoms with E-state index in [9.17, 15) is 19.8 Å². The molecule has 0 heterocycles. The largest absolute Gasteiger partial charge is 0.444 e. The van der Waals surface area contributed by atoms with Crippen molar-refractivity contribution >= 4 is 17.9 Å². The Kier molecular flexibility index (Phi) is 6.24. The molecule has 1 amide bonds. The Bertz CT molecular complexity index is 561. The Labute approximate surface area is 128 Å². The number of ether oxygens (including phenoxy) is 1. The highest BCUT2D eigenvalue weighted by Crippen LogP contribution is 2.21. The molecule has 0 bridgehead atoms. The monoisotopic (exact) mass is 308 g/mol. The fourth-order valence-electron chi connectivity index (χ4n) is 1.67. The van der Waals surface area contributed by atoms with E-state index in [-0.39, 0.29) is 6.54 Å². The van der Waals surface area contributed by atoms with Crippen LogP contribution in [0.3, 0.4) is 0 Å². The first kappa shape index (κ1) is 17.8. The number of alkyl carbamates (subject to hydrolysis) is 1. The molecule has 0 aromatic heterocycles. The number of hydrogen-bond acceptors (Lipinski definition) is 6. The molecule has 0 aliphatic rings. The minimum absolute atomic E-state index is 0.183. The summed E-state index contributed by atoms with van der Waals surface area (Å²) in [4.78, 5) is 25.1. The van der Waals surface area contributed by atoms with Gasteiger partial charge in [-0.25, -0.2) is 9.59 Å². The van der Waals surface area contributed by atoms with Gasteiger partial charge in [0.2, 0.25) is 6.08 Å². The summed E-state index contributed by atoms with van der Waals surface area (Å²) in [6, 6.07) is 6.17. The first-order valence-corrected chi connectivity index (χ1v) is 6.74. The number of carbonyl (C=O) groups excluding carboxylic acids is 2. The SMILES string of the molecule is CC(C)(C)OC(=O)NCC(O)C(O)c1cccc(N=C=O)c1. The molecule has 7 nitrogen and oxygen atoms in total. The number of isocyanates is 1. The molecule has 120 valence electrons. The number of rotatable bonds is 5. The predicted octanol–water partition coefficient (Wildman–Crippen LogP) is 1.57. The Morgan fingerprint density at radius 3 is 2.68 bits per heavy atom. The molecule has 0 fully saturated rings. The van der Waals surface area contributed by atoms with Crippen molar-refractivity contribution in [1.82, 2.24) is 5.32 Å². The lowest BCUT2D eigenvalue weighted by molar-refractivity contribution is 0.0129. The molecule has 7 heteroatoms. The third-order valence-corrected chi connectivity index (χ3v) is 2.61. The second kappa shape index (κ2) is 7.70. The maximum atomic E-state index is 11.5. The average molecular weight is 308 g/mol. The van der Waals surface area contributed by atoms with E-state index in [1.807, 2.05) is 0 Å². The van der Waals surface area contributed by atoms with Gasteiger partial charge in [-0.15, -0.1) is 0 Å². The van der Waals surface area contributed by atoms with Crippen molar-refractivity contribution in [3.05, 3.63) is 29.8 Å². The topological polar surface area (TPSA) is 108 Å². The van der Waals surface area contributed by atoms with Crippen LogP contribution in [-0.4, -0.2) is 40.6 Å². The van der Waals surface area contributed by atoms with E-state index in [4.69, 9.17) is 4.74 Å². The number of nitrogens with one attached hydrogen (secondary N) is 1. The predicted molar refractivity (Wildman–Crippen MR) is 79.4 cm³/mol. The van der Waals surface area contributed by atoms with Crippen LogP contribution in [0.25, 0.3) is 0 Å². The van der Waals surface area contributed by atoms with E-state index in [0.717, 1.165) is 0 Å². The third-order valence-electron chi connectivity index (χ3n) is 2.61. The van der Waals surface area contributed by atoms with Crippen molar-refractivity contribution in [1.29, 1.82) is 0 Å². The lowest BCUT2D eigenvalue weighted by Crippen LogP contribution is -2.38. The molecule has 3 N–H and O–H groups in total. The van der Waals surface area contributed by atoms with E-state index >= 15 is 0 Å². The van der Waals surface area contributed by atoms with Gasteiger partial charge in [-0.1, -0.05) is 12.1 Å². The minimum Gasteiger partial charge on any atom is -0.444 e. The van der Waals surface area contributed by atoms with E-state index in [2.05, 4.69) is 10.3 Å². The van der Waals surface area contributed by atoms with Crippen molar-refractivity contribution in [2.75, 3.05) is 6.54 Å². The highest BCUT2D eigenvalue weighted by atomic mass is 16.6. The summed E-state index contributed by atoms with van der Waals surface area (Å²) in [7, 11) is 0. The van der Waals surface area contributed by atoms with Gasteiger partial charge in [-0.3, -0.25) is 0 Å². The molecule has 0 aliphatic carbocycles. The molecule has 1 aromatic rings. The molecular weight excluding hydrogens is 288 g/mol. The average Bonchev–Trinajstić information content (AvgIpc) is 2.43. The van der Waals surface area contributed by atoms with E-state index < -0.39 is 23.9 Å². The van der Waals surface area contributed by atoms with Gasteiger partial charge in [0.05, 0.1) is 5.69 Å². The van der Waals surface area contributed by atoms with E-state index in [1.54, 1.807) is 39.0 Å². The molecule has 1 rings (SSSR count). The molecule has 0 saturated carbocycles. The van der Waals surface area contributed by atoms with Crippen molar-refractivity contribution in [2.45, 2.75) is 38.6 Å². The number of amides is 1. The van der Waals surface area contributed by atoms with Crippen molar-refractivity contribution in [3.63, 3.8) is 0 Å². The van der Waals surface area contributed by atoms with Gasteiger partial charge in [-0.05, 0) is 38.5 Å². The molecule has 0 saturated heterocycles. The number of hydrogen-bond donors (Lipinski definition) is 3. The molecule has 22 heavy (non-hydrogen) atoms. The zero-order chi connectivity index (χ0) is 16.8. The lowest BCUT2D eigenvalue weighted by Gasteiger charge is -2.22. The van der Waals surface area contributed by atoms with Crippen molar-refractivity contribution in [3.8, 4) is 0 Å². The maximum absolute atomic E-state index is 11.5. The van der Waals surface area contributed by atoms with Gasteiger partial charge >= 0.3 is 6.09 Å². The minimum atomic E-state index is -1.24. The van der Waals surface area contributed by atoms with E-state index in [1.165, 1.54) is 12.1 Å². The molecule has 0 spiro atoms. The number of aliphatic hydroxyl groups excluding tert-OH is 2. The van der Waals surface area contributed by atoms with Crippen molar-refractivity contribution < 1.29 is 24.5 Å². The van der Waals surface area contributed by atoms with Crippen LogP contribution < -0.4 is 5.32 Å². The van der Waals surface area contributed by atoms with Crippen LogP contribution in [-0.2, 0) is 9.53 Å². The van der Waals surface area contributed by atoms with Gasteiger partial charge in [0.15, 0.2) is 0 Å². The smallest absolute Gasteiger partial charge is 0.407 e. The Balaban J connectivity index is 2.61. The number of nitrogens with zero attached hydrogens (tertiary/aromatic N) is 1. The van der Waals surface area contributed by atoms with Gasteiger partial charge in [0, 0.05) is 6.54 Å². The number of benzene rings is 1. The Morgan fingerprint density at radius 2 is 2.09 bits per heavy atom. The number of aliphatic hydroxyl groups is 2. The molecule has 1 aromatic carbocycles. The highest BCUT2D eigenvalue weighted by molar-refractivity contribution is 5.67. The van der Waals surface area contributed by atoms with Gasteiger partial charge < -0.3 is 20.3 Å². The van der Waals surface area contributed by atoms with Crippen LogP contribution in [0.15, 0.2) is 29.3 Å². The standard InChI is InChI=1S/C15H20N2O5/c1-15(2,3)22-14(21)16-8-12(19)13(20)10-5-4-6-11(7-10)17-9-18/h4-7,12-13,19-20H,8H2,1-3H3,(H,16,21). The quantitative estimate of drug-likeness (QED) is 0.565. The summed E-state index contributed by atoms with van der Waals surface area (Å²) in [6.45, 7) is 4.97. The maximum Gasteiger partial charge on any atom is 0.407 e. The zero-order valence-corrected chi connectivity index (χ0v) is 12.7. The highest BCUT2D eigenvalue weighted by Gasteiger charge is 2.21. The van der Waals surface area contributed by atoms with Crippen LogP contribution in [0.5, 0.6) is 0 Å². The molecule has 0 aliphatic heterocycles. The van der Waals surface area contributed by atoms with Crippen LogP contribution >= 0.6 is 0 Å². The first-order chi connectivity index (χ1) is 10.2. The first-order valence-electron chi connectivity index (χ1n) is 6.74. The van der Waals surface area contributed by atoms with Crippen molar-refractivity contribution in [2.24, 2.45) is 4.99 Å². The summed E-state index contributed by atoms with van der Waals surface area (Å²) in [6.07, 6.45) is -1.76. The fraction of sp³-hybridized carbons (Fsp3) is 0.467. The second-order valence-electron chi connectivity index (χ2n) is 5.69. The summed E-state index contributed by atoms with van der Waals surface area (Å²) < 4.78 is 5.02. The van der Waals surface area contributed by atoms with Gasteiger partial charge in [-0.2, -0.15) is 4.99 Å². The van der Waals surface area contributed by atoms with Gasteiger partial charge in [0.25, 0.3) is 0 Å². The van der Waals surface area contributed by atoms with Crippen LogP contribution in [0.4, 0.5) is 10.5 Å². The summed E-state index contributed by atoms with van der Waals surface area (Å²) in [5.41, 5.74) is 0.0447. The summed E-state index contributed by atoms with van der Waals surface area (Å²) >= 11 is 0. The molecular formula is C15H20N2O5. The van der Waals surface area contributed by atoms with Gasteiger partial charge in [0.1, 0.15) is 17.8 Å². The zero-order valence-electron chi connectivity index (χ0n) is 12.7. The number of aliphatic imine (C=N–C) groups is 1. The molecule has 2 atom stereocenters. The van der Waals surface area contributed by atoms with Crippen LogP contribution in [0.1, 0.15) is 32.4 Å². The third kappa shape index (κ3) is 6.05. The molecule has 2 unspecified atom stereocenters. The molecule has 0 radical (unpaired) electrons. The Hall–Kier alpha value is -2.21. The Morgan fingerprint density at radius 1 is 1.41 bits per heavy atom. The van der Waals surface area contributed by atoms with E-state index in [0.29, 0.717) is 11.3 Å². The summed E-state index contributed by atoms with van der Waals surface area (Å²) in [5.74, 6) is 0. The second-order valence-corrected chi connectivity index (χ2v) is 5.69.